The zero-order valence-corrected chi connectivity index (χ0v) is 14.0. The van der Waals surface area contributed by atoms with E-state index in [-0.39, 0.29) is 11.7 Å². The van der Waals surface area contributed by atoms with Crippen LogP contribution in [-0.4, -0.2) is 36.1 Å². The van der Waals surface area contributed by atoms with E-state index in [2.05, 4.69) is 11.4 Å². The molecule has 0 aliphatic carbocycles. The standard InChI is InChI=1S/C20H24N2O2/c1-22(14-15-5-2-9-19(23)11-15)20(24)17-7-3-6-16(12-17)18-8-4-10-21-13-18/h2-3,5-7,9,11-12,18,21,23H,4,8,10,13-14H2,1H3/t18-/m1/s1. The van der Waals surface area contributed by atoms with E-state index in [4.69, 9.17) is 0 Å². The number of rotatable bonds is 4. The van der Waals surface area contributed by atoms with Gasteiger partial charge in [-0.1, -0.05) is 24.3 Å². The summed E-state index contributed by atoms with van der Waals surface area (Å²) in [7, 11) is 1.79. The number of piperidine rings is 1. The van der Waals surface area contributed by atoms with Crippen molar-refractivity contribution < 1.29 is 9.90 Å². The van der Waals surface area contributed by atoms with E-state index in [9.17, 15) is 9.90 Å². The fraction of sp³-hybridized carbons (Fsp3) is 0.350. The second-order valence-corrected chi connectivity index (χ2v) is 6.50. The Balaban J connectivity index is 1.71. The predicted molar refractivity (Wildman–Crippen MR) is 95.2 cm³/mol. The van der Waals surface area contributed by atoms with Gasteiger partial charge in [-0.2, -0.15) is 0 Å². The van der Waals surface area contributed by atoms with Gasteiger partial charge in [0.2, 0.25) is 0 Å². The van der Waals surface area contributed by atoms with Crippen molar-refractivity contribution in [1.29, 1.82) is 0 Å². The molecule has 0 saturated carbocycles. The van der Waals surface area contributed by atoms with Gasteiger partial charge in [0.25, 0.3) is 5.91 Å². The highest BCUT2D eigenvalue weighted by atomic mass is 16.3. The van der Waals surface area contributed by atoms with Crippen LogP contribution in [0.1, 0.15) is 40.2 Å². The molecule has 0 spiro atoms. The van der Waals surface area contributed by atoms with Crippen LogP contribution in [0.5, 0.6) is 5.75 Å². The molecular formula is C20H24N2O2. The Morgan fingerprint density at radius 1 is 1.25 bits per heavy atom. The van der Waals surface area contributed by atoms with Gasteiger partial charge in [0, 0.05) is 25.7 Å². The second kappa shape index (κ2) is 7.49. The highest BCUT2D eigenvalue weighted by Gasteiger charge is 2.18. The summed E-state index contributed by atoms with van der Waals surface area (Å²) in [5.41, 5.74) is 2.87. The van der Waals surface area contributed by atoms with Gasteiger partial charge < -0.3 is 15.3 Å². The van der Waals surface area contributed by atoms with Gasteiger partial charge in [-0.25, -0.2) is 0 Å². The Hall–Kier alpha value is -2.33. The molecule has 126 valence electrons. The molecule has 2 N–H and O–H groups in total. The van der Waals surface area contributed by atoms with E-state index in [1.165, 1.54) is 18.4 Å². The quantitative estimate of drug-likeness (QED) is 0.908. The topological polar surface area (TPSA) is 52.6 Å². The zero-order chi connectivity index (χ0) is 16.9. The number of hydrogen-bond acceptors (Lipinski definition) is 3. The summed E-state index contributed by atoms with van der Waals surface area (Å²) in [6, 6.07) is 15.0. The molecule has 4 heteroatoms. The first-order valence-corrected chi connectivity index (χ1v) is 8.47. The number of nitrogens with one attached hydrogen (secondary N) is 1. The highest BCUT2D eigenvalue weighted by Crippen LogP contribution is 2.24. The van der Waals surface area contributed by atoms with E-state index in [1.54, 1.807) is 30.1 Å². The maximum absolute atomic E-state index is 12.7. The van der Waals surface area contributed by atoms with Gasteiger partial charge in [-0.3, -0.25) is 4.79 Å². The number of hydrogen-bond donors (Lipinski definition) is 2. The van der Waals surface area contributed by atoms with Crippen molar-refractivity contribution in [2.75, 3.05) is 20.1 Å². The molecule has 1 fully saturated rings. The minimum atomic E-state index is 0.00367. The first kappa shape index (κ1) is 16.5. The molecule has 0 radical (unpaired) electrons. The summed E-state index contributed by atoms with van der Waals surface area (Å²) in [4.78, 5) is 14.4. The van der Waals surface area contributed by atoms with Crippen molar-refractivity contribution in [3.05, 3.63) is 65.2 Å². The fourth-order valence-corrected chi connectivity index (χ4v) is 3.28. The smallest absolute Gasteiger partial charge is 0.253 e. The summed E-state index contributed by atoms with van der Waals surface area (Å²) in [5.74, 6) is 0.715. The Morgan fingerprint density at radius 3 is 2.83 bits per heavy atom. The number of aromatic hydroxyl groups is 1. The van der Waals surface area contributed by atoms with Gasteiger partial charge in [-0.05, 0) is 60.7 Å². The maximum atomic E-state index is 12.7. The number of amides is 1. The van der Waals surface area contributed by atoms with Crippen molar-refractivity contribution in [2.24, 2.45) is 0 Å². The van der Waals surface area contributed by atoms with Gasteiger partial charge >= 0.3 is 0 Å². The molecule has 3 rings (SSSR count). The van der Waals surface area contributed by atoms with Crippen molar-refractivity contribution in [1.82, 2.24) is 10.2 Å². The summed E-state index contributed by atoms with van der Waals surface area (Å²) in [6.45, 7) is 2.54. The lowest BCUT2D eigenvalue weighted by Gasteiger charge is -2.24. The van der Waals surface area contributed by atoms with E-state index < -0.39 is 0 Å². The molecule has 0 bridgehead atoms. The minimum absolute atomic E-state index is 0.00367. The van der Waals surface area contributed by atoms with Gasteiger partial charge in [0.05, 0.1) is 0 Å². The van der Waals surface area contributed by atoms with Gasteiger partial charge in [-0.15, -0.1) is 0 Å². The van der Waals surface area contributed by atoms with Crippen LogP contribution in [0.2, 0.25) is 0 Å². The lowest BCUT2D eigenvalue weighted by atomic mass is 9.90. The van der Waals surface area contributed by atoms with Crippen LogP contribution < -0.4 is 5.32 Å². The van der Waals surface area contributed by atoms with Crippen molar-refractivity contribution in [2.45, 2.75) is 25.3 Å². The SMILES string of the molecule is CN(Cc1cccc(O)c1)C(=O)c1cccc([C@@H]2CCCNC2)c1. The van der Waals surface area contributed by atoms with Crippen LogP contribution in [-0.2, 0) is 6.54 Å². The van der Waals surface area contributed by atoms with Crippen LogP contribution in [0.15, 0.2) is 48.5 Å². The number of phenolic OH excluding ortho intramolecular Hbond substituents is 1. The van der Waals surface area contributed by atoms with Gasteiger partial charge in [0.1, 0.15) is 5.75 Å². The molecule has 1 amide bonds. The average molecular weight is 324 g/mol. The zero-order valence-electron chi connectivity index (χ0n) is 14.0. The van der Waals surface area contributed by atoms with Crippen LogP contribution in [0.4, 0.5) is 0 Å². The average Bonchev–Trinajstić information content (AvgIpc) is 2.62. The molecule has 1 heterocycles. The molecule has 2 aromatic carbocycles. The lowest BCUT2D eigenvalue weighted by Crippen LogP contribution is -2.29. The Kier molecular flexibility index (Phi) is 5.16. The Labute approximate surface area is 143 Å². The molecule has 1 saturated heterocycles. The van der Waals surface area contributed by atoms with E-state index in [0.717, 1.165) is 24.2 Å². The molecular weight excluding hydrogens is 300 g/mol. The molecule has 1 aliphatic heterocycles. The third kappa shape index (κ3) is 3.95. The largest absolute Gasteiger partial charge is 0.508 e. The third-order valence-electron chi connectivity index (χ3n) is 4.58. The monoisotopic (exact) mass is 324 g/mol. The third-order valence-corrected chi connectivity index (χ3v) is 4.58. The van der Waals surface area contributed by atoms with Crippen LogP contribution in [0.25, 0.3) is 0 Å². The van der Waals surface area contributed by atoms with E-state index in [0.29, 0.717) is 12.5 Å². The first-order valence-electron chi connectivity index (χ1n) is 8.47. The predicted octanol–water partition coefficient (Wildman–Crippen LogP) is 3.13. The van der Waals surface area contributed by atoms with Gasteiger partial charge in [0.15, 0.2) is 0 Å². The molecule has 2 aromatic rings. The maximum Gasteiger partial charge on any atom is 0.253 e. The normalized spacial score (nSPS) is 17.5. The molecule has 4 nitrogen and oxygen atoms in total. The van der Waals surface area contributed by atoms with Crippen LogP contribution in [0.3, 0.4) is 0 Å². The molecule has 0 unspecified atom stereocenters. The Bertz CT molecular complexity index is 708. The Morgan fingerprint density at radius 2 is 2.08 bits per heavy atom. The summed E-state index contributed by atoms with van der Waals surface area (Å²) in [6.07, 6.45) is 2.35. The second-order valence-electron chi connectivity index (χ2n) is 6.50. The fourth-order valence-electron chi connectivity index (χ4n) is 3.28. The lowest BCUT2D eigenvalue weighted by molar-refractivity contribution is 0.0785. The number of benzene rings is 2. The summed E-state index contributed by atoms with van der Waals surface area (Å²) in [5, 5.41) is 13.0. The van der Waals surface area contributed by atoms with E-state index in [1.807, 2.05) is 24.3 Å². The minimum Gasteiger partial charge on any atom is -0.508 e. The highest BCUT2D eigenvalue weighted by molar-refractivity contribution is 5.94. The molecule has 1 aliphatic rings. The number of carbonyl (C=O) groups is 1. The number of carbonyl (C=O) groups excluding carboxylic acids is 1. The van der Waals surface area contributed by atoms with Crippen molar-refractivity contribution >= 4 is 5.91 Å². The van der Waals surface area contributed by atoms with Crippen LogP contribution in [0, 0.1) is 0 Å². The van der Waals surface area contributed by atoms with Crippen molar-refractivity contribution in [3.8, 4) is 5.75 Å². The first-order chi connectivity index (χ1) is 11.6. The number of nitrogens with zero attached hydrogens (tertiary/aromatic N) is 1. The summed E-state index contributed by atoms with van der Waals surface area (Å²) < 4.78 is 0. The van der Waals surface area contributed by atoms with E-state index >= 15 is 0 Å². The number of phenols is 1. The molecule has 0 aromatic heterocycles. The summed E-state index contributed by atoms with van der Waals surface area (Å²) >= 11 is 0. The molecule has 1 atom stereocenters. The molecule has 24 heavy (non-hydrogen) atoms. The van der Waals surface area contributed by atoms with Crippen molar-refractivity contribution in [3.63, 3.8) is 0 Å². The van der Waals surface area contributed by atoms with Crippen LogP contribution >= 0.6 is 0 Å².